The van der Waals surface area contributed by atoms with Crippen molar-refractivity contribution < 1.29 is 18.3 Å². The summed E-state index contributed by atoms with van der Waals surface area (Å²) in [7, 11) is 1.74. The second-order valence-corrected chi connectivity index (χ2v) is 9.38. The van der Waals surface area contributed by atoms with E-state index < -0.39 is 13.0 Å². The summed E-state index contributed by atoms with van der Waals surface area (Å²) in [6.45, 7) is 2.34. The minimum atomic E-state index is -2.49. The molecule has 1 aliphatic carbocycles. The van der Waals surface area contributed by atoms with Gasteiger partial charge in [0.1, 0.15) is 0 Å². The molecule has 0 aromatic carbocycles. The van der Waals surface area contributed by atoms with Gasteiger partial charge in [0, 0.05) is 44.4 Å². The van der Waals surface area contributed by atoms with Gasteiger partial charge in [0.05, 0.1) is 18.3 Å². The Morgan fingerprint density at radius 3 is 2.74 bits per heavy atom. The lowest BCUT2D eigenvalue weighted by Crippen LogP contribution is -2.39. The van der Waals surface area contributed by atoms with Gasteiger partial charge in [-0.15, -0.1) is 0 Å². The number of halogens is 2. The maximum absolute atomic E-state index is 12.4. The molecule has 1 amide bonds. The Kier molecular flexibility index (Phi) is 8.42. The summed E-state index contributed by atoms with van der Waals surface area (Å²) < 4.78 is 29.9. The smallest absolute Gasteiger partial charge is 0.272 e. The summed E-state index contributed by atoms with van der Waals surface area (Å²) in [6.07, 6.45) is 6.62. The van der Waals surface area contributed by atoms with Crippen molar-refractivity contribution in [3.8, 4) is 5.88 Å². The first-order chi connectivity index (χ1) is 16.4. The number of aryl methyl sites for hydroxylation is 1. The summed E-state index contributed by atoms with van der Waals surface area (Å²) in [6, 6.07) is 3.91. The number of ether oxygens (including phenoxy) is 1. The fourth-order valence-corrected chi connectivity index (χ4v) is 4.93. The van der Waals surface area contributed by atoms with Crippen LogP contribution in [0, 0.1) is 5.92 Å². The van der Waals surface area contributed by atoms with Gasteiger partial charge in [-0.25, -0.2) is 13.8 Å². The first-order valence-electron chi connectivity index (χ1n) is 12.2. The maximum atomic E-state index is 12.4. The van der Waals surface area contributed by atoms with E-state index in [2.05, 4.69) is 25.4 Å². The van der Waals surface area contributed by atoms with Crippen molar-refractivity contribution in [3.63, 3.8) is 0 Å². The third kappa shape index (κ3) is 7.19. The number of fused-ring (bicyclic) bond motifs is 1. The molecule has 0 spiro atoms. The lowest BCUT2D eigenvalue weighted by atomic mass is 9.84. The van der Waals surface area contributed by atoms with E-state index in [-0.39, 0.29) is 24.2 Å². The van der Waals surface area contributed by atoms with Crippen molar-refractivity contribution in [1.82, 2.24) is 30.2 Å². The second-order valence-electron chi connectivity index (χ2n) is 9.38. The Labute approximate surface area is 199 Å². The van der Waals surface area contributed by atoms with E-state index >= 15 is 0 Å². The third-order valence-corrected chi connectivity index (χ3v) is 6.82. The van der Waals surface area contributed by atoms with Crippen LogP contribution in [-0.2, 0) is 31.1 Å². The van der Waals surface area contributed by atoms with E-state index in [9.17, 15) is 13.6 Å². The van der Waals surface area contributed by atoms with Crippen molar-refractivity contribution in [1.29, 1.82) is 0 Å². The zero-order valence-corrected chi connectivity index (χ0v) is 19.8. The molecule has 2 aromatic heterocycles. The van der Waals surface area contributed by atoms with Gasteiger partial charge in [-0.2, -0.15) is 15.0 Å². The van der Waals surface area contributed by atoms with E-state index in [1.54, 1.807) is 19.3 Å². The fraction of sp³-hybridized carbons (Fsp3) is 0.667. The first-order valence-corrected chi connectivity index (χ1v) is 12.2. The van der Waals surface area contributed by atoms with Crippen molar-refractivity contribution in [3.05, 3.63) is 35.3 Å². The number of alkyl halides is 2. The van der Waals surface area contributed by atoms with Crippen LogP contribution in [0.3, 0.4) is 0 Å². The number of nitrogens with zero attached hydrogens (tertiary/aromatic N) is 5. The predicted octanol–water partition coefficient (Wildman–Crippen LogP) is 2.56. The van der Waals surface area contributed by atoms with Gasteiger partial charge in [-0.1, -0.05) is 6.07 Å². The normalized spacial score (nSPS) is 21.2. The standard InChI is InChI=1S/C24H34F2N6O2/c1-31-27-15-20(30-31)14-23(33)28-19-5-2-17(3-6-19)8-11-32-12-9-18-4-7-24(34-16-22(25)26)29-21(18)10-13-32/h4,7,15,17,19,22H,2-3,5-6,8-14,16H2,1H3,(H,28,33)/t17-,19-. The highest BCUT2D eigenvalue weighted by molar-refractivity contribution is 5.78. The largest absolute Gasteiger partial charge is 0.472 e. The minimum absolute atomic E-state index is 0.0180. The van der Waals surface area contributed by atoms with E-state index in [4.69, 9.17) is 4.74 Å². The van der Waals surface area contributed by atoms with Gasteiger partial charge < -0.3 is 15.0 Å². The van der Waals surface area contributed by atoms with Crippen LogP contribution in [0.5, 0.6) is 5.88 Å². The molecule has 0 saturated heterocycles. The second kappa shape index (κ2) is 11.7. The lowest BCUT2D eigenvalue weighted by molar-refractivity contribution is -0.121. The van der Waals surface area contributed by atoms with Crippen LogP contribution in [0.1, 0.15) is 49.1 Å². The third-order valence-electron chi connectivity index (χ3n) is 6.82. The molecule has 1 fully saturated rings. The van der Waals surface area contributed by atoms with Crippen molar-refractivity contribution in [2.45, 2.75) is 63.8 Å². The number of amides is 1. The molecule has 0 radical (unpaired) electrons. The van der Waals surface area contributed by atoms with Gasteiger partial charge in [-0.3, -0.25) is 4.79 Å². The summed E-state index contributed by atoms with van der Waals surface area (Å²) in [5.41, 5.74) is 2.84. The molecular formula is C24H34F2N6O2. The molecule has 1 saturated carbocycles. The first kappa shape index (κ1) is 24.5. The minimum Gasteiger partial charge on any atom is -0.472 e. The van der Waals surface area contributed by atoms with E-state index in [1.165, 1.54) is 10.4 Å². The number of nitrogens with one attached hydrogen (secondary N) is 1. The molecule has 2 aromatic rings. The molecule has 1 N–H and O–H groups in total. The summed E-state index contributed by atoms with van der Waals surface area (Å²) in [5.74, 6) is 0.990. The fourth-order valence-electron chi connectivity index (χ4n) is 4.93. The van der Waals surface area contributed by atoms with Gasteiger partial charge in [0.25, 0.3) is 6.43 Å². The molecule has 0 unspecified atom stereocenters. The highest BCUT2D eigenvalue weighted by atomic mass is 19.3. The Hall–Kier alpha value is -2.62. The number of pyridine rings is 1. The topological polar surface area (TPSA) is 85.2 Å². The van der Waals surface area contributed by atoms with E-state index in [0.717, 1.165) is 70.3 Å². The highest BCUT2D eigenvalue weighted by Crippen LogP contribution is 2.28. The molecule has 3 heterocycles. The van der Waals surface area contributed by atoms with Crippen LogP contribution >= 0.6 is 0 Å². The molecular weight excluding hydrogens is 442 g/mol. The predicted molar refractivity (Wildman–Crippen MR) is 123 cm³/mol. The molecule has 8 nitrogen and oxygen atoms in total. The van der Waals surface area contributed by atoms with Crippen LogP contribution in [0.25, 0.3) is 0 Å². The Morgan fingerprint density at radius 2 is 2.00 bits per heavy atom. The maximum Gasteiger partial charge on any atom is 0.272 e. The quantitative estimate of drug-likeness (QED) is 0.599. The Morgan fingerprint density at radius 1 is 1.21 bits per heavy atom. The molecule has 186 valence electrons. The zero-order chi connectivity index (χ0) is 23.9. The number of aromatic nitrogens is 4. The van der Waals surface area contributed by atoms with E-state index in [1.807, 2.05) is 6.07 Å². The van der Waals surface area contributed by atoms with Gasteiger partial charge in [0.15, 0.2) is 6.61 Å². The van der Waals surface area contributed by atoms with Gasteiger partial charge >= 0.3 is 0 Å². The number of rotatable bonds is 9. The van der Waals surface area contributed by atoms with Crippen LogP contribution in [0.15, 0.2) is 18.3 Å². The van der Waals surface area contributed by atoms with Crippen molar-refractivity contribution in [2.24, 2.45) is 13.0 Å². The van der Waals surface area contributed by atoms with E-state index in [0.29, 0.717) is 11.6 Å². The molecule has 1 aliphatic heterocycles. The number of hydrogen-bond donors (Lipinski definition) is 1. The Balaban J connectivity index is 1.15. The van der Waals surface area contributed by atoms with Gasteiger partial charge in [0.2, 0.25) is 11.8 Å². The summed E-state index contributed by atoms with van der Waals surface area (Å²) in [5, 5.41) is 11.3. The molecule has 2 aliphatic rings. The zero-order valence-electron chi connectivity index (χ0n) is 19.8. The molecule has 0 atom stereocenters. The monoisotopic (exact) mass is 476 g/mol. The molecule has 10 heteroatoms. The number of carbonyl (C=O) groups excluding carboxylic acids is 1. The van der Waals surface area contributed by atoms with Gasteiger partial charge in [-0.05, 0) is 56.6 Å². The average Bonchev–Trinajstić information content (AvgIpc) is 3.11. The average molecular weight is 477 g/mol. The van der Waals surface area contributed by atoms with Crippen LogP contribution in [0.4, 0.5) is 8.78 Å². The highest BCUT2D eigenvalue weighted by Gasteiger charge is 2.24. The number of hydrogen-bond acceptors (Lipinski definition) is 6. The SMILES string of the molecule is Cn1ncc(CC(=O)N[C@H]2CC[C@H](CCN3CCc4ccc(OCC(F)F)nc4CC3)CC2)n1. The molecule has 4 rings (SSSR count). The van der Waals surface area contributed by atoms with Crippen LogP contribution in [-0.4, -0.2) is 69.5 Å². The summed E-state index contributed by atoms with van der Waals surface area (Å²) in [4.78, 5) is 20.7. The lowest BCUT2D eigenvalue weighted by Gasteiger charge is -2.30. The molecule has 34 heavy (non-hydrogen) atoms. The Bertz CT molecular complexity index is 945. The van der Waals surface area contributed by atoms with Crippen molar-refractivity contribution in [2.75, 3.05) is 26.2 Å². The molecule has 0 bridgehead atoms. The van der Waals surface area contributed by atoms with Crippen molar-refractivity contribution >= 4 is 5.91 Å². The van der Waals surface area contributed by atoms with Crippen LogP contribution in [0.2, 0.25) is 0 Å². The number of carbonyl (C=O) groups is 1. The summed E-state index contributed by atoms with van der Waals surface area (Å²) >= 11 is 0. The van der Waals surface area contributed by atoms with Crippen LogP contribution < -0.4 is 10.1 Å².